The smallest absolute Gasteiger partial charge is 0.328 e. The van der Waals surface area contributed by atoms with Crippen LogP contribution in [-0.4, -0.2) is 38.1 Å². The molecular formula is C16H17NO5. The number of carbonyl (C=O) groups excluding carboxylic acids is 3. The number of esters is 2. The van der Waals surface area contributed by atoms with Crippen LogP contribution in [0.1, 0.15) is 28.8 Å². The second-order valence-corrected chi connectivity index (χ2v) is 4.39. The summed E-state index contributed by atoms with van der Waals surface area (Å²) in [6.07, 6.45) is 5.32. The lowest BCUT2D eigenvalue weighted by atomic mass is 10.1. The zero-order valence-electron chi connectivity index (χ0n) is 12.4. The highest BCUT2D eigenvalue weighted by atomic mass is 16.5. The van der Waals surface area contributed by atoms with Crippen molar-refractivity contribution in [3.63, 3.8) is 0 Å². The lowest BCUT2D eigenvalue weighted by molar-refractivity contribution is -0.144. The van der Waals surface area contributed by atoms with Crippen molar-refractivity contribution in [3.05, 3.63) is 35.4 Å². The Morgan fingerprint density at radius 1 is 1.18 bits per heavy atom. The molecule has 0 aromatic heterocycles. The van der Waals surface area contributed by atoms with E-state index in [1.165, 1.54) is 14.2 Å². The normalized spacial score (nSPS) is 11.0. The standard InChI is InChI=1S/C16H17NO5/c1-4-11-5-7-12(8-6-11)15(19)17-13(16(20)22-3)9-10-14(18)21-2/h1,5-8,13H,9-10H2,2-3H3,(H,17,19). The lowest BCUT2D eigenvalue weighted by Gasteiger charge is -2.16. The molecule has 1 rings (SSSR count). The molecule has 0 saturated heterocycles. The zero-order chi connectivity index (χ0) is 16.5. The van der Waals surface area contributed by atoms with Crippen molar-refractivity contribution >= 4 is 17.8 Å². The molecule has 1 N–H and O–H groups in total. The molecule has 0 spiro atoms. The van der Waals surface area contributed by atoms with Crippen molar-refractivity contribution in [2.24, 2.45) is 0 Å². The minimum atomic E-state index is -0.927. The Kier molecular flexibility index (Phi) is 6.64. The van der Waals surface area contributed by atoms with Crippen molar-refractivity contribution in [3.8, 4) is 12.3 Å². The minimum absolute atomic E-state index is 0.00736. The van der Waals surface area contributed by atoms with Crippen LogP contribution in [0.5, 0.6) is 0 Å². The number of terminal acetylenes is 1. The van der Waals surface area contributed by atoms with E-state index in [-0.39, 0.29) is 12.8 Å². The van der Waals surface area contributed by atoms with Crippen molar-refractivity contribution < 1.29 is 23.9 Å². The van der Waals surface area contributed by atoms with E-state index in [1.807, 2.05) is 0 Å². The van der Waals surface area contributed by atoms with Gasteiger partial charge in [0.1, 0.15) is 6.04 Å². The maximum atomic E-state index is 12.1. The van der Waals surface area contributed by atoms with Crippen molar-refractivity contribution in [2.45, 2.75) is 18.9 Å². The van der Waals surface area contributed by atoms with Gasteiger partial charge in [0, 0.05) is 17.5 Å². The molecule has 22 heavy (non-hydrogen) atoms. The summed E-state index contributed by atoms with van der Waals surface area (Å²) in [4.78, 5) is 34.9. The number of hydrogen-bond acceptors (Lipinski definition) is 5. The van der Waals surface area contributed by atoms with Crippen LogP contribution in [-0.2, 0) is 19.1 Å². The van der Waals surface area contributed by atoms with Gasteiger partial charge in [-0.1, -0.05) is 5.92 Å². The van der Waals surface area contributed by atoms with Crippen LogP contribution >= 0.6 is 0 Å². The summed E-state index contributed by atoms with van der Waals surface area (Å²) >= 11 is 0. The number of hydrogen-bond donors (Lipinski definition) is 1. The summed E-state index contributed by atoms with van der Waals surface area (Å²) in [7, 11) is 2.46. The second-order valence-electron chi connectivity index (χ2n) is 4.39. The summed E-state index contributed by atoms with van der Waals surface area (Å²) in [6, 6.07) is 5.43. The molecule has 0 aliphatic carbocycles. The molecule has 1 amide bonds. The maximum Gasteiger partial charge on any atom is 0.328 e. The van der Waals surface area contributed by atoms with Gasteiger partial charge in [0.15, 0.2) is 0 Å². The van der Waals surface area contributed by atoms with Crippen LogP contribution in [0.2, 0.25) is 0 Å². The topological polar surface area (TPSA) is 81.7 Å². The van der Waals surface area contributed by atoms with E-state index in [0.717, 1.165) is 0 Å². The number of ether oxygens (including phenoxy) is 2. The predicted molar refractivity (Wildman–Crippen MR) is 78.9 cm³/mol. The second kappa shape index (κ2) is 8.47. The van der Waals surface area contributed by atoms with Gasteiger partial charge in [-0.15, -0.1) is 6.42 Å². The first-order valence-electron chi connectivity index (χ1n) is 6.54. The molecule has 1 atom stereocenters. The Balaban J connectivity index is 2.75. The first-order valence-corrected chi connectivity index (χ1v) is 6.54. The fraction of sp³-hybridized carbons (Fsp3) is 0.312. The van der Waals surface area contributed by atoms with Gasteiger partial charge in [-0.2, -0.15) is 0 Å². The Labute approximate surface area is 128 Å². The molecular weight excluding hydrogens is 286 g/mol. The summed E-state index contributed by atoms with van der Waals surface area (Å²) in [5.41, 5.74) is 0.998. The Bertz CT molecular complexity index is 586. The molecule has 0 radical (unpaired) electrons. The van der Waals surface area contributed by atoms with E-state index in [2.05, 4.69) is 20.7 Å². The molecule has 6 nitrogen and oxygen atoms in total. The van der Waals surface area contributed by atoms with Crippen LogP contribution in [0.25, 0.3) is 0 Å². The number of nitrogens with one attached hydrogen (secondary N) is 1. The number of carbonyl (C=O) groups is 3. The van der Waals surface area contributed by atoms with Crippen molar-refractivity contribution in [2.75, 3.05) is 14.2 Å². The average Bonchev–Trinajstić information content (AvgIpc) is 2.57. The predicted octanol–water partition coefficient (Wildman–Crippen LogP) is 0.892. The van der Waals surface area contributed by atoms with Crippen LogP contribution in [0.4, 0.5) is 0 Å². The monoisotopic (exact) mass is 303 g/mol. The fourth-order valence-electron chi connectivity index (χ4n) is 1.71. The third-order valence-electron chi connectivity index (χ3n) is 2.97. The van der Waals surface area contributed by atoms with E-state index in [0.29, 0.717) is 11.1 Å². The zero-order valence-corrected chi connectivity index (χ0v) is 12.4. The highest BCUT2D eigenvalue weighted by molar-refractivity contribution is 5.96. The molecule has 0 saturated carbocycles. The van der Waals surface area contributed by atoms with Crippen LogP contribution < -0.4 is 5.32 Å². The molecule has 0 heterocycles. The Morgan fingerprint density at radius 2 is 1.82 bits per heavy atom. The molecule has 1 aromatic carbocycles. The number of rotatable bonds is 6. The Morgan fingerprint density at radius 3 is 2.32 bits per heavy atom. The van der Waals surface area contributed by atoms with Gasteiger partial charge in [-0.05, 0) is 30.7 Å². The molecule has 1 unspecified atom stereocenters. The van der Waals surface area contributed by atoms with E-state index in [9.17, 15) is 14.4 Å². The van der Waals surface area contributed by atoms with Gasteiger partial charge in [0.2, 0.25) is 0 Å². The van der Waals surface area contributed by atoms with Gasteiger partial charge in [-0.3, -0.25) is 9.59 Å². The van der Waals surface area contributed by atoms with Gasteiger partial charge in [0.25, 0.3) is 5.91 Å². The summed E-state index contributed by atoms with van der Waals surface area (Å²) < 4.78 is 9.13. The van der Waals surface area contributed by atoms with E-state index in [4.69, 9.17) is 6.42 Å². The van der Waals surface area contributed by atoms with Gasteiger partial charge >= 0.3 is 11.9 Å². The van der Waals surface area contributed by atoms with Crippen LogP contribution in [0.3, 0.4) is 0 Å². The number of amides is 1. The summed E-state index contributed by atoms with van der Waals surface area (Å²) in [5, 5.41) is 2.53. The van der Waals surface area contributed by atoms with E-state index in [1.54, 1.807) is 24.3 Å². The molecule has 0 bridgehead atoms. The quantitative estimate of drug-likeness (QED) is 0.623. The van der Waals surface area contributed by atoms with Gasteiger partial charge in [-0.25, -0.2) is 4.79 Å². The molecule has 0 aliphatic rings. The fourth-order valence-corrected chi connectivity index (χ4v) is 1.71. The van der Waals surface area contributed by atoms with Crippen molar-refractivity contribution in [1.29, 1.82) is 0 Å². The van der Waals surface area contributed by atoms with Gasteiger partial charge in [0.05, 0.1) is 14.2 Å². The SMILES string of the molecule is C#Cc1ccc(C(=O)NC(CCC(=O)OC)C(=O)OC)cc1. The minimum Gasteiger partial charge on any atom is -0.469 e. The third-order valence-corrected chi connectivity index (χ3v) is 2.97. The average molecular weight is 303 g/mol. The molecule has 6 heteroatoms. The van der Waals surface area contributed by atoms with Crippen molar-refractivity contribution in [1.82, 2.24) is 5.32 Å². The largest absolute Gasteiger partial charge is 0.469 e. The highest BCUT2D eigenvalue weighted by Gasteiger charge is 2.23. The lowest BCUT2D eigenvalue weighted by Crippen LogP contribution is -2.41. The molecule has 0 fully saturated rings. The van der Waals surface area contributed by atoms with E-state index >= 15 is 0 Å². The van der Waals surface area contributed by atoms with Crippen LogP contribution in [0, 0.1) is 12.3 Å². The third kappa shape index (κ3) is 4.94. The Hall–Kier alpha value is -2.81. The van der Waals surface area contributed by atoms with Gasteiger partial charge < -0.3 is 14.8 Å². The first-order chi connectivity index (χ1) is 10.5. The summed E-state index contributed by atoms with van der Waals surface area (Å²) in [5.74, 6) is 0.890. The highest BCUT2D eigenvalue weighted by Crippen LogP contribution is 2.06. The maximum absolute atomic E-state index is 12.1. The molecule has 116 valence electrons. The van der Waals surface area contributed by atoms with E-state index < -0.39 is 23.9 Å². The number of methoxy groups -OCH3 is 2. The molecule has 1 aromatic rings. The number of benzene rings is 1. The van der Waals surface area contributed by atoms with Crippen LogP contribution in [0.15, 0.2) is 24.3 Å². The first kappa shape index (κ1) is 17.2. The molecule has 0 aliphatic heterocycles. The summed E-state index contributed by atoms with van der Waals surface area (Å²) in [6.45, 7) is 0.